The summed E-state index contributed by atoms with van der Waals surface area (Å²) >= 11 is 3.34. The van der Waals surface area contributed by atoms with Crippen molar-refractivity contribution in [3.05, 3.63) is 88.9 Å². The number of nitrogens with zero attached hydrogens (tertiary/aromatic N) is 2. The maximum atomic E-state index is 13.9. The van der Waals surface area contributed by atoms with Crippen LogP contribution in [0.4, 0.5) is 5.69 Å². The van der Waals surface area contributed by atoms with E-state index in [-0.39, 0.29) is 11.3 Å². The molecule has 4 rings (SSSR count). The Labute approximate surface area is 207 Å². The Balaban J connectivity index is 1.78. The number of hydrogen-bond acceptors (Lipinski definition) is 5. The SMILES string of the molecule is COc1ccc(S(=O)(=O)N(C2CC(=O)N(c3ccc(Br)cc3)C2=O)C(C)c2ccccc2)cc1. The Bertz CT molecular complexity index is 1300. The summed E-state index contributed by atoms with van der Waals surface area (Å²) < 4.78 is 34.8. The normalized spacial score (nSPS) is 17.3. The number of ether oxygens (including phenoxy) is 1. The molecule has 0 bridgehead atoms. The zero-order valence-corrected chi connectivity index (χ0v) is 21.0. The second-order valence-electron chi connectivity index (χ2n) is 7.86. The molecule has 3 aromatic rings. The molecule has 2 amide bonds. The first-order valence-electron chi connectivity index (χ1n) is 10.6. The first-order valence-corrected chi connectivity index (χ1v) is 12.8. The van der Waals surface area contributed by atoms with Gasteiger partial charge in [-0.3, -0.25) is 9.59 Å². The fourth-order valence-corrected chi connectivity index (χ4v) is 6.10. The molecule has 1 saturated heterocycles. The van der Waals surface area contributed by atoms with Gasteiger partial charge in [0.2, 0.25) is 15.9 Å². The number of rotatable bonds is 7. The van der Waals surface area contributed by atoms with Crippen molar-refractivity contribution in [3.8, 4) is 5.75 Å². The lowest BCUT2D eigenvalue weighted by Gasteiger charge is -2.32. The average molecular weight is 543 g/mol. The van der Waals surface area contributed by atoms with E-state index in [4.69, 9.17) is 4.74 Å². The minimum absolute atomic E-state index is 0.0124. The van der Waals surface area contributed by atoms with Gasteiger partial charge in [0, 0.05) is 10.5 Å². The molecule has 1 heterocycles. The maximum Gasteiger partial charge on any atom is 0.252 e. The summed E-state index contributed by atoms with van der Waals surface area (Å²) in [5.74, 6) is -0.519. The molecule has 0 radical (unpaired) electrons. The van der Waals surface area contributed by atoms with Gasteiger partial charge in [-0.25, -0.2) is 13.3 Å². The third-order valence-electron chi connectivity index (χ3n) is 5.81. The molecule has 9 heteroatoms. The number of benzene rings is 3. The molecule has 0 aliphatic carbocycles. The van der Waals surface area contributed by atoms with E-state index in [1.165, 1.54) is 19.2 Å². The molecule has 176 valence electrons. The Kier molecular flexibility index (Phi) is 6.88. The van der Waals surface area contributed by atoms with Gasteiger partial charge in [-0.2, -0.15) is 4.31 Å². The molecule has 1 aliphatic rings. The highest BCUT2D eigenvalue weighted by molar-refractivity contribution is 9.10. The highest BCUT2D eigenvalue weighted by atomic mass is 79.9. The van der Waals surface area contributed by atoms with Crippen molar-refractivity contribution in [2.24, 2.45) is 0 Å². The quantitative estimate of drug-likeness (QED) is 0.409. The number of hydrogen-bond donors (Lipinski definition) is 0. The zero-order valence-electron chi connectivity index (χ0n) is 18.6. The second-order valence-corrected chi connectivity index (χ2v) is 10.6. The number of carbonyl (C=O) groups is 2. The van der Waals surface area contributed by atoms with Crippen molar-refractivity contribution < 1.29 is 22.7 Å². The van der Waals surface area contributed by atoms with Crippen molar-refractivity contribution >= 4 is 43.5 Å². The summed E-state index contributed by atoms with van der Waals surface area (Å²) in [5, 5.41) is 0. The number of amides is 2. The van der Waals surface area contributed by atoms with Crippen LogP contribution in [0.1, 0.15) is 24.9 Å². The first-order chi connectivity index (χ1) is 16.2. The van der Waals surface area contributed by atoms with Crippen LogP contribution in [0.3, 0.4) is 0 Å². The summed E-state index contributed by atoms with van der Waals surface area (Å²) in [5.41, 5.74) is 1.11. The van der Waals surface area contributed by atoms with Crippen molar-refractivity contribution in [1.29, 1.82) is 0 Å². The number of halogens is 1. The van der Waals surface area contributed by atoms with Crippen LogP contribution >= 0.6 is 15.9 Å². The number of imide groups is 1. The predicted molar refractivity (Wildman–Crippen MR) is 132 cm³/mol. The Morgan fingerprint density at radius 3 is 2.18 bits per heavy atom. The number of anilines is 1. The molecule has 0 N–H and O–H groups in total. The molecule has 3 aromatic carbocycles. The van der Waals surface area contributed by atoms with Crippen LogP contribution < -0.4 is 9.64 Å². The highest BCUT2D eigenvalue weighted by Crippen LogP contribution is 2.36. The third kappa shape index (κ3) is 4.51. The molecule has 0 aromatic heterocycles. The Morgan fingerprint density at radius 2 is 1.59 bits per heavy atom. The van der Waals surface area contributed by atoms with E-state index in [1.807, 2.05) is 6.07 Å². The number of methoxy groups -OCH3 is 1. The lowest BCUT2D eigenvalue weighted by atomic mass is 10.1. The predicted octanol–water partition coefficient (Wildman–Crippen LogP) is 4.54. The molecule has 2 unspecified atom stereocenters. The van der Waals surface area contributed by atoms with Crippen LogP contribution in [0, 0.1) is 0 Å². The highest BCUT2D eigenvalue weighted by Gasteiger charge is 2.48. The average Bonchev–Trinajstić information content (AvgIpc) is 3.13. The van der Waals surface area contributed by atoms with Crippen molar-refractivity contribution in [3.63, 3.8) is 0 Å². The third-order valence-corrected chi connectivity index (χ3v) is 8.34. The Hall–Kier alpha value is -3.01. The van der Waals surface area contributed by atoms with Crippen LogP contribution in [-0.2, 0) is 19.6 Å². The van der Waals surface area contributed by atoms with Crippen molar-refractivity contribution in [2.45, 2.75) is 30.3 Å². The van der Waals surface area contributed by atoms with Gasteiger partial charge >= 0.3 is 0 Å². The number of carbonyl (C=O) groups excluding carboxylic acids is 2. The van der Waals surface area contributed by atoms with E-state index in [2.05, 4.69) is 15.9 Å². The van der Waals surface area contributed by atoms with Crippen LogP contribution in [0.25, 0.3) is 0 Å². The van der Waals surface area contributed by atoms with Gasteiger partial charge in [0.25, 0.3) is 5.91 Å². The lowest BCUT2D eigenvalue weighted by Crippen LogP contribution is -2.46. The molecule has 2 atom stereocenters. The summed E-state index contributed by atoms with van der Waals surface area (Å²) in [6.07, 6.45) is -0.249. The monoisotopic (exact) mass is 542 g/mol. The van der Waals surface area contributed by atoms with E-state index in [9.17, 15) is 18.0 Å². The first kappa shape index (κ1) is 24.1. The summed E-state index contributed by atoms with van der Waals surface area (Å²) in [4.78, 5) is 27.5. The fraction of sp³-hybridized carbons (Fsp3) is 0.200. The van der Waals surface area contributed by atoms with E-state index in [1.54, 1.807) is 67.6 Å². The summed E-state index contributed by atoms with van der Waals surface area (Å²) in [7, 11) is -2.66. The Morgan fingerprint density at radius 1 is 0.971 bits per heavy atom. The van der Waals surface area contributed by atoms with Crippen molar-refractivity contribution in [1.82, 2.24) is 4.31 Å². The molecule has 0 saturated carbocycles. The van der Waals surface area contributed by atoms with Crippen LogP contribution in [-0.4, -0.2) is 37.7 Å². The van der Waals surface area contributed by atoms with E-state index in [0.717, 1.165) is 13.7 Å². The van der Waals surface area contributed by atoms with E-state index in [0.29, 0.717) is 17.0 Å². The summed E-state index contributed by atoms with van der Waals surface area (Å²) in [6.45, 7) is 1.72. The number of sulfonamides is 1. The van der Waals surface area contributed by atoms with E-state index < -0.39 is 33.9 Å². The topological polar surface area (TPSA) is 84.0 Å². The van der Waals surface area contributed by atoms with Gasteiger partial charge < -0.3 is 4.74 Å². The maximum absolute atomic E-state index is 13.9. The molecule has 1 fully saturated rings. The second kappa shape index (κ2) is 9.69. The summed E-state index contributed by atoms with van der Waals surface area (Å²) in [6, 6.07) is 19.9. The smallest absolute Gasteiger partial charge is 0.252 e. The fourth-order valence-electron chi connectivity index (χ4n) is 4.07. The van der Waals surface area contributed by atoms with Crippen LogP contribution in [0.2, 0.25) is 0 Å². The van der Waals surface area contributed by atoms with Gasteiger partial charge in [-0.05, 0) is 61.0 Å². The standard InChI is InChI=1S/C25H23BrN2O5S/c1-17(18-6-4-3-5-7-18)28(34(31,32)22-14-12-21(33-2)13-15-22)23-16-24(29)27(25(23)30)20-10-8-19(26)9-11-20/h3-15,17,23H,16H2,1-2H3. The molecular weight excluding hydrogens is 520 g/mol. The van der Waals surface area contributed by atoms with E-state index >= 15 is 0 Å². The largest absolute Gasteiger partial charge is 0.497 e. The molecular formula is C25H23BrN2O5S. The zero-order chi connectivity index (χ0) is 24.5. The van der Waals surface area contributed by atoms with Gasteiger partial charge in [0.15, 0.2) is 0 Å². The molecule has 0 spiro atoms. The molecule has 1 aliphatic heterocycles. The van der Waals surface area contributed by atoms with Crippen molar-refractivity contribution in [2.75, 3.05) is 12.0 Å². The minimum Gasteiger partial charge on any atom is -0.497 e. The van der Waals surface area contributed by atoms with Gasteiger partial charge in [-0.15, -0.1) is 0 Å². The van der Waals surface area contributed by atoms with Crippen LogP contribution in [0.15, 0.2) is 88.2 Å². The van der Waals surface area contributed by atoms with Gasteiger partial charge in [0.1, 0.15) is 11.8 Å². The van der Waals surface area contributed by atoms with Gasteiger partial charge in [-0.1, -0.05) is 46.3 Å². The lowest BCUT2D eigenvalue weighted by molar-refractivity contribution is -0.122. The minimum atomic E-state index is -4.15. The van der Waals surface area contributed by atoms with Gasteiger partial charge in [0.05, 0.1) is 24.1 Å². The molecule has 7 nitrogen and oxygen atoms in total. The molecule has 34 heavy (non-hydrogen) atoms. The van der Waals surface area contributed by atoms with Crippen LogP contribution in [0.5, 0.6) is 5.75 Å².